The molecule has 1 N–H and O–H groups in total. The zero-order chi connectivity index (χ0) is 28.1. The molecule has 1 aromatic heterocycles. The molecule has 0 radical (unpaired) electrons. The van der Waals surface area contributed by atoms with Crippen LogP contribution < -0.4 is 5.32 Å². The van der Waals surface area contributed by atoms with Crippen molar-refractivity contribution in [2.75, 3.05) is 5.32 Å². The maximum absolute atomic E-state index is 11.6. The molecule has 1 amide bonds. The van der Waals surface area contributed by atoms with Crippen molar-refractivity contribution >= 4 is 29.4 Å². The van der Waals surface area contributed by atoms with Gasteiger partial charge in [0.1, 0.15) is 11.2 Å². The Kier molecular flexibility index (Phi) is 7.37. The fraction of sp³-hybridized carbons (Fsp3) is 0.0909. The van der Waals surface area contributed by atoms with Gasteiger partial charge in [0, 0.05) is 18.7 Å². The quantitative estimate of drug-likeness (QED) is 0.133. The molecule has 5 aromatic rings. The minimum atomic E-state index is -0.689. The lowest BCUT2D eigenvalue weighted by molar-refractivity contribution is -0.383. The third-order valence-electron chi connectivity index (χ3n) is 6.94. The van der Waals surface area contributed by atoms with Gasteiger partial charge < -0.3 is 9.88 Å². The average Bonchev–Trinajstić information content (AvgIpc) is 3.34. The number of amides is 1. The van der Waals surface area contributed by atoms with Crippen LogP contribution in [0.3, 0.4) is 0 Å². The smallest absolute Gasteiger partial charge is 0.293 e. The lowest BCUT2D eigenvalue weighted by atomic mass is 9.76. The predicted octanol–water partition coefficient (Wildman–Crippen LogP) is 7.07. The summed E-state index contributed by atoms with van der Waals surface area (Å²) in [5, 5.41) is 14.1. The Morgan fingerprint density at radius 1 is 0.850 bits per heavy atom. The fourth-order valence-electron chi connectivity index (χ4n) is 5.15. The second kappa shape index (κ2) is 11.2. The van der Waals surface area contributed by atoms with Gasteiger partial charge >= 0.3 is 0 Å². The summed E-state index contributed by atoms with van der Waals surface area (Å²) in [7, 11) is 0. The zero-order valence-corrected chi connectivity index (χ0v) is 22.2. The Bertz CT molecular complexity index is 1580. The summed E-state index contributed by atoms with van der Waals surface area (Å²) in [6.45, 7) is 3.34. The summed E-state index contributed by atoms with van der Waals surface area (Å²) >= 11 is 0. The summed E-state index contributed by atoms with van der Waals surface area (Å²) < 4.78 is 2.19. The molecule has 7 heteroatoms. The van der Waals surface area contributed by atoms with Crippen LogP contribution in [0.5, 0.6) is 0 Å². The lowest BCUT2D eigenvalue weighted by Crippen LogP contribution is -2.38. The first-order chi connectivity index (χ1) is 19.4. The van der Waals surface area contributed by atoms with E-state index in [9.17, 15) is 14.9 Å². The molecule has 1 heterocycles. The average molecular weight is 529 g/mol. The van der Waals surface area contributed by atoms with E-state index < -0.39 is 10.5 Å². The van der Waals surface area contributed by atoms with Gasteiger partial charge in [0.15, 0.2) is 0 Å². The number of aromatic nitrogens is 2. The molecule has 0 spiro atoms. The van der Waals surface area contributed by atoms with Crippen LogP contribution in [0.25, 0.3) is 12.2 Å². The zero-order valence-electron chi connectivity index (χ0n) is 22.2. The van der Waals surface area contributed by atoms with Crippen molar-refractivity contribution in [3.63, 3.8) is 0 Å². The first-order valence-corrected chi connectivity index (χ1v) is 12.9. The number of hydrogen-bond donors (Lipinski definition) is 1. The first-order valence-electron chi connectivity index (χ1n) is 12.9. The third-order valence-corrected chi connectivity index (χ3v) is 6.94. The van der Waals surface area contributed by atoms with E-state index in [4.69, 9.17) is 4.98 Å². The van der Waals surface area contributed by atoms with Crippen molar-refractivity contribution in [2.45, 2.75) is 19.4 Å². The third kappa shape index (κ3) is 4.92. The number of carbonyl (C=O) groups excluding carboxylic acids is 1. The van der Waals surface area contributed by atoms with Crippen molar-refractivity contribution in [3.05, 3.63) is 159 Å². The number of rotatable bonds is 8. The normalized spacial score (nSPS) is 11.4. The highest BCUT2D eigenvalue weighted by molar-refractivity contribution is 5.91. The number of hydrogen-bond acceptors (Lipinski definition) is 4. The molecule has 0 aliphatic rings. The van der Waals surface area contributed by atoms with E-state index in [-0.39, 0.29) is 17.3 Å². The van der Waals surface area contributed by atoms with Crippen LogP contribution in [0, 0.1) is 17.0 Å². The summed E-state index contributed by atoms with van der Waals surface area (Å²) in [4.78, 5) is 27.3. The van der Waals surface area contributed by atoms with Gasteiger partial charge in [0.2, 0.25) is 5.91 Å². The molecular weight excluding hydrogens is 500 g/mol. The van der Waals surface area contributed by atoms with Gasteiger partial charge in [-0.1, -0.05) is 103 Å². The molecule has 0 aliphatic heterocycles. The minimum Gasteiger partial charge on any atom is -0.321 e. The summed E-state index contributed by atoms with van der Waals surface area (Å²) in [5.41, 5.74) is 4.86. The maximum Gasteiger partial charge on any atom is 0.293 e. The molecule has 4 aromatic carbocycles. The van der Waals surface area contributed by atoms with Crippen LogP contribution in [0.15, 0.2) is 116 Å². The molecule has 0 atom stereocenters. The van der Waals surface area contributed by atoms with E-state index in [2.05, 4.69) is 46.3 Å². The highest BCUT2D eigenvalue weighted by atomic mass is 16.6. The molecule has 40 heavy (non-hydrogen) atoms. The van der Waals surface area contributed by atoms with Gasteiger partial charge in [0.05, 0.1) is 16.9 Å². The van der Waals surface area contributed by atoms with Crippen molar-refractivity contribution in [1.29, 1.82) is 0 Å². The molecule has 0 aliphatic carbocycles. The Labute approximate surface area is 232 Å². The van der Waals surface area contributed by atoms with Crippen LogP contribution in [0.2, 0.25) is 0 Å². The van der Waals surface area contributed by atoms with Crippen LogP contribution >= 0.6 is 0 Å². The van der Waals surface area contributed by atoms with Crippen molar-refractivity contribution in [1.82, 2.24) is 9.55 Å². The van der Waals surface area contributed by atoms with E-state index in [1.54, 1.807) is 12.1 Å². The summed E-state index contributed by atoms with van der Waals surface area (Å²) in [5.74, 6) is -0.369. The highest BCUT2D eigenvalue weighted by Crippen LogP contribution is 2.42. The highest BCUT2D eigenvalue weighted by Gasteiger charge is 2.39. The number of imidazole rings is 1. The van der Waals surface area contributed by atoms with E-state index in [1.807, 2.05) is 73.9 Å². The van der Waals surface area contributed by atoms with Crippen LogP contribution in [-0.4, -0.2) is 20.4 Å². The van der Waals surface area contributed by atoms with Crippen molar-refractivity contribution in [3.8, 4) is 0 Å². The number of benzene rings is 4. The van der Waals surface area contributed by atoms with E-state index >= 15 is 0 Å². The largest absolute Gasteiger partial charge is 0.321 e. The molecule has 198 valence electrons. The lowest BCUT2D eigenvalue weighted by Gasteiger charge is -2.38. The molecule has 0 unspecified atom stereocenters. The molecule has 0 fully saturated rings. The van der Waals surface area contributed by atoms with Gasteiger partial charge in [0.25, 0.3) is 5.69 Å². The SMILES string of the molecule is CC(=O)Nc1ccc(C=Cc2ncn(C(c3ccccc3)(c3ccccc3)c3ccccc3)c2C)cc1[N+](=O)[O-]. The fourth-order valence-corrected chi connectivity index (χ4v) is 5.15. The van der Waals surface area contributed by atoms with E-state index in [0.717, 1.165) is 28.1 Å². The predicted molar refractivity (Wildman–Crippen MR) is 158 cm³/mol. The van der Waals surface area contributed by atoms with Crippen LogP contribution in [-0.2, 0) is 10.3 Å². The first kappa shape index (κ1) is 26.3. The molecule has 0 saturated carbocycles. The number of nitro benzene ring substituents is 1. The number of nitrogens with one attached hydrogen (secondary N) is 1. The van der Waals surface area contributed by atoms with Gasteiger partial charge in [-0.2, -0.15) is 0 Å². The van der Waals surface area contributed by atoms with Gasteiger partial charge in [-0.15, -0.1) is 0 Å². The monoisotopic (exact) mass is 528 g/mol. The molecule has 0 saturated heterocycles. The van der Waals surface area contributed by atoms with Gasteiger partial charge in [-0.3, -0.25) is 14.9 Å². The Morgan fingerprint density at radius 3 is 1.85 bits per heavy atom. The number of nitro groups is 1. The second-order valence-electron chi connectivity index (χ2n) is 9.44. The topological polar surface area (TPSA) is 90.1 Å². The van der Waals surface area contributed by atoms with Crippen LogP contribution in [0.4, 0.5) is 11.4 Å². The number of nitrogens with zero attached hydrogens (tertiary/aromatic N) is 3. The van der Waals surface area contributed by atoms with E-state index in [0.29, 0.717) is 5.56 Å². The molecule has 5 rings (SSSR count). The Hall–Kier alpha value is -5.30. The minimum absolute atomic E-state index is 0.161. The van der Waals surface area contributed by atoms with E-state index in [1.165, 1.54) is 19.1 Å². The maximum atomic E-state index is 11.6. The van der Waals surface area contributed by atoms with Crippen molar-refractivity contribution in [2.24, 2.45) is 0 Å². The van der Waals surface area contributed by atoms with Gasteiger partial charge in [-0.05, 0) is 41.3 Å². The van der Waals surface area contributed by atoms with Crippen molar-refractivity contribution < 1.29 is 9.72 Å². The molecule has 0 bridgehead atoms. The number of carbonyl (C=O) groups is 1. The summed E-state index contributed by atoms with van der Waals surface area (Å²) in [6, 6.07) is 35.8. The number of anilines is 1. The standard InChI is InChI=1S/C33H28N4O3/c1-24-30(20-18-26-19-21-31(35-25(2)38)32(22-26)37(39)40)34-23-36(24)33(27-12-6-3-7-13-27,28-14-8-4-9-15-28)29-16-10-5-11-17-29/h3-23H,1-2H3,(H,35,38). The molecular formula is C33H28N4O3. The Balaban J connectivity index is 1.64. The Morgan fingerprint density at radius 2 is 1.38 bits per heavy atom. The second-order valence-corrected chi connectivity index (χ2v) is 9.44. The summed E-state index contributed by atoms with van der Waals surface area (Å²) in [6.07, 6.45) is 5.50. The molecule has 7 nitrogen and oxygen atoms in total. The van der Waals surface area contributed by atoms with Gasteiger partial charge in [-0.25, -0.2) is 4.98 Å². The van der Waals surface area contributed by atoms with Crippen LogP contribution in [0.1, 0.15) is 40.6 Å².